The summed E-state index contributed by atoms with van der Waals surface area (Å²) in [5.41, 5.74) is 3.11. The Kier molecular flexibility index (Phi) is 8.59. The van der Waals surface area contributed by atoms with E-state index in [0.29, 0.717) is 57.1 Å². The Morgan fingerprint density at radius 2 is 1.78 bits per heavy atom. The molecule has 2 fully saturated rings. The van der Waals surface area contributed by atoms with Crippen LogP contribution in [0.15, 0.2) is 42.5 Å². The van der Waals surface area contributed by atoms with Gasteiger partial charge in [-0.25, -0.2) is 4.39 Å². The molecular formula is C28H37FN4O3. The van der Waals surface area contributed by atoms with Crippen LogP contribution in [0, 0.1) is 5.82 Å². The number of benzene rings is 2. The summed E-state index contributed by atoms with van der Waals surface area (Å²) in [5, 5.41) is 0. The van der Waals surface area contributed by atoms with Gasteiger partial charge in [0.2, 0.25) is 5.91 Å². The van der Waals surface area contributed by atoms with E-state index in [9.17, 15) is 14.0 Å². The maximum absolute atomic E-state index is 14.6. The number of nitrogens with zero attached hydrogens (tertiary/aromatic N) is 4. The largest absolute Gasteiger partial charge is 0.378 e. The Morgan fingerprint density at radius 3 is 2.36 bits per heavy atom. The lowest BCUT2D eigenvalue weighted by Crippen LogP contribution is -2.51. The van der Waals surface area contributed by atoms with Crippen molar-refractivity contribution in [3.63, 3.8) is 0 Å². The number of rotatable bonds is 9. The molecule has 0 spiro atoms. The maximum Gasteiger partial charge on any atom is 0.237 e. The van der Waals surface area contributed by atoms with E-state index in [1.807, 2.05) is 23.9 Å². The lowest BCUT2D eigenvalue weighted by molar-refractivity contribution is -0.134. The zero-order valence-corrected chi connectivity index (χ0v) is 21.6. The number of hydrogen-bond acceptors (Lipinski definition) is 6. The van der Waals surface area contributed by atoms with E-state index in [-0.39, 0.29) is 23.6 Å². The van der Waals surface area contributed by atoms with Gasteiger partial charge < -0.3 is 19.4 Å². The summed E-state index contributed by atoms with van der Waals surface area (Å²) in [6, 6.07) is 13.0. The molecule has 0 aliphatic carbocycles. The monoisotopic (exact) mass is 496 g/mol. The van der Waals surface area contributed by atoms with Crippen LogP contribution in [0.3, 0.4) is 0 Å². The van der Waals surface area contributed by atoms with Crippen LogP contribution >= 0.6 is 0 Å². The van der Waals surface area contributed by atoms with Crippen molar-refractivity contribution in [3.05, 3.63) is 59.4 Å². The number of anilines is 2. The number of ketones is 1. The quantitative estimate of drug-likeness (QED) is 0.496. The average Bonchev–Trinajstić information content (AvgIpc) is 3.37. The van der Waals surface area contributed by atoms with E-state index in [1.54, 1.807) is 12.1 Å². The van der Waals surface area contributed by atoms with Gasteiger partial charge in [0.05, 0.1) is 18.3 Å². The molecule has 7 nitrogen and oxygen atoms in total. The molecule has 0 N–H and O–H groups in total. The molecule has 2 saturated heterocycles. The zero-order valence-electron chi connectivity index (χ0n) is 21.6. The van der Waals surface area contributed by atoms with E-state index < -0.39 is 0 Å². The topological polar surface area (TPSA) is 56.3 Å². The Morgan fingerprint density at radius 1 is 1.06 bits per heavy atom. The second kappa shape index (κ2) is 11.8. The summed E-state index contributed by atoms with van der Waals surface area (Å²) < 4.78 is 20.4. The SMILES string of the molecule is CC(=O)c1ccc(N2CCN(CC(=O)N(Cc3ccc(N(C)C)cc3)C[C@@H]3CCCO3)CC2)c(F)c1. The van der Waals surface area contributed by atoms with Crippen molar-refractivity contribution in [1.29, 1.82) is 0 Å². The molecule has 4 rings (SSSR count). The molecule has 2 heterocycles. The number of ether oxygens (including phenoxy) is 1. The van der Waals surface area contributed by atoms with Gasteiger partial charge in [-0.05, 0) is 55.7 Å². The summed E-state index contributed by atoms with van der Waals surface area (Å²) in [7, 11) is 4.02. The van der Waals surface area contributed by atoms with E-state index in [4.69, 9.17) is 4.74 Å². The molecular weight excluding hydrogens is 459 g/mol. The number of amides is 1. The van der Waals surface area contributed by atoms with Crippen molar-refractivity contribution in [2.45, 2.75) is 32.4 Å². The molecule has 2 aromatic rings. The Labute approximate surface area is 213 Å². The first kappa shape index (κ1) is 26.1. The van der Waals surface area contributed by atoms with Crippen molar-refractivity contribution in [3.8, 4) is 0 Å². The highest BCUT2D eigenvalue weighted by Crippen LogP contribution is 2.23. The highest BCUT2D eigenvalue weighted by Gasteiger charge is 2.26. The predicted molar refractivity (Wildman–Crippen MR) is 140 cm³/mol. The van der Waals surface area contributed by atoms with E-state index in [1.165, 1.54) is 13.0 Å². The fourth-order valence-corrected chi connectivity index (χ4v) is 4.83. The van der Waals surface area contributed by atoms with Crippen LogP contribution < -0.4 is 9.80 Å². The van der Waals surface area contributed by atoms with Gasteiger partial charge in [-0.2, -0.15) is 0 Å². The molecule has 8 heteroatoms. The van der Waals surface area contributed by atoms with Gasteiger partial charge in [0.15, 0.2) is 5.78 Å². The summed E-state index contributed by atoms with van der Waals surface area (Å²) in [6.45, 7) is 6.28. The molecule has 0 bridgehead atoms. The third-order valence-electron chi connectivity index (χ3n) is 7.05. The van der Waals surface area contributed by atoms with Crippen LogP contribution in [-0.2, 0) is 16.1 Å². The lowest BCUT2D eigenvalue weighted by Gasteiger charge is -2.37. The average molecular weight is 497 g/mol. The molecule has 0 radical (unpaired) electrons. The van der Waals surface area contributed by atoms with E-state index in [0.717, 1.165) is 30.7 Å². The summed E-state index contributed by atoms with van der Waals surface area (Å²) in [6.07, 6.45) is 2.11. The minimum atomic E-state index is -0.379. The van der Waals surface area contributed by atoms with Crippen LogP contribution in [0.2, 0.25) is 0 Å². The van der Waals surface area contributed by atoms with Crippen molar-refractivity contribution in [2.75, 3.05) is 69.8 Å². The molecule has 0 unspecified atom stereocenters. The molecule has 0 saturated carbocycles. The standard InChI is InChI=1S/C28H37FN4O3/c1-21(34)23-8-11-27(26(29)17-23)32-14-12-31(13-15-32)20-28(35)33(19-25-5-4-16-36-25)18-22-6-9-24(10-7-22)30(2)3/h6-11,17,25H,4-5,12-16,18-20H2,1-3H3/t25-/m0/s1. The first-order valence-electron chi connectivity index (χ1n) is 12.7. The lowest BCUT2D eigenvalue weighted by atomic mass is 10.1. The van der Waals surface area contributed by atoms with Crippen molar-refractivity contribution in [1.82, 2.24) is 9.80 Å². The van der Waals surface area contributed by atoms with E-state index >= 15 is 0 Å². The number of halogens is 1. The fourth-order valence-electron chi connectivity index (χ4n) is 4.83. The van der Waals surface area contributed by atoms with Gasteiger partial charge >= 0.3 is 0 Å². The number of carbonyl (C=O) groups excluding carboxylic acids is 2. The Balaban J connectivity index is 1.36. The molecule has 2 aromatic carbocycles. The highest BCUT2D eigenvalue weighted by atomic mass is 19.1. The number of Topliss-reactive ketones (excluding diaryl/α,β-unsaturated/α-hetero) is 1. The second-order valence-electron chi connectivity index (χ2n) is 9.96. The first-order chi connectivity index (χ1) is 17.3. The summed E-state index contributed by atoms with van der Waals surface area (Å²) in [4.78, 5) is 33.0. The van der Waals surface area contributed by atoms with Crippen LogP contribution in [0.5, 0.6) is 0 Å². The highest BCUT2D eigenvalue weighted by molar-refractivity contribution is 5.94. The molecule has 2 aliphatic rings. The third-order valence-corrected chi connectivity index (χ3v) is 7.05. The van der Waals surface area contributed by atoms with Crippen LogP contribution in [0.25, 0.3) is 0 Å². The van der Waals surface area contributed by atoms with Crippen LogP contribution in [-0.4, -0.2) is 87.6 Å². The van der Waals surface area contributed by atoms with Crippen molar-refractivity contribution >= 4 is 23.1 Å². The van der Waals surface area contributed by atoms with Gasteiger partial charge in [-0.3, -0.25) is 14.5 Å². The van der Waals surface area contributed by atoms with Gasteiger partial charge in [-0.1, -0.05) is 12.1 Å². The predicted octanol–water partition coefficient (Wildman–Crippen LogP) is 3.42. The normalized spacial score (nSPS) is 18.3. The van der Waals surface area contributed by atoms with Gasteiger partial charge in [0, 0.05) is 71.2 Å². The van der Waals surface area contributed by atoms with Gasteiger partial charge in [0.1, 0.15) is 5.82 Å². The van der Waals surface area contributed by atoms with Gasteiger partial charge in [-0.15, -0.1) is 0 Å². The molecule has 1 atom stereocenters. The smallest absolute Gasteiger partial charge is 0.237 e. The van der Waals surface area contributed by atoms with Crippen LogP contribution in [0.4, 0.5) is 15.8 Å². The van der Waals surface area contributed by atoms with Crippen LogP contribution in [0.1, 0.15) is 35.7 Å². The number of piperazine rings is 1. The minimum absolute atomic E-state index is 0.0904. The molecule has 194 valence electrons. The Hall–Kier alpha value is -2.97. The zero-order chi connectivity index (χ0) is 25.7. The van der Waals surface area contributed by atoms with E-state index in [2.05, 4.69) is 34.1 Å². The maximum atomic E-state index is 14.6. The second-order valence-corrected chi connectivity index (χ2v) is 9.96. The molecule has 1 amide bonds. The molecule has 0 aromatic heterocycles. The number of hydrogen-bond donors (Lipinski definition) is 0. The summed E-state index contributed by atoms with van der Waals surface area (Å²) >= 11 is 0. The summed E-state index contributed by atoms with van der Waals surface area (Å²) in [5.74, 6) is -0.437. The van der Waals surface area contributed by atoms with Crippen molar-refractivity contribution < 1.29 is 18.7 Å². The Bertz CT molecular complexity index is 1050. The third kappa shape index (κ3) is 6.62. The van der Waals surface area contributed by atoms with Crippen molar-refractivity contribution in [2.24, 2.45) is 0 Å². The molecule has 2 aliphatic heterocycles. The molecule has 36 heavy (non-hydrogen) atoms. The fraction of sp³-hybridized carbons (Fsp3) is 0.500. The van der Waals surface area contributed by atoms with Gasteiger partial charge in [0.25, 0.3) is 0 Å². The first-order valence-corrected chi connectivity index (χ1v) is 12.7. The minimum Gasteiger partial charge on any atom is -0.378 e. The number of carbonyl (C=O) groups is 2.